The number of amides is 1. The van der Waals surface area contributed by atoms with Crippen LogP contribution in [0.15, 0.2) is 18.2 Å². The Bertz CT molecular complexity index is 666. The molecule has 0 saturated heterocycles. The third kappa shape index (κ3) is 3.40. The van der Waals surface area contributed by atoms with Gasteiger partial charge in [0, 0.05) is 4.88 Å². The average Bonchev–Trinajstić information content (AvgIpc) is 2.77. The van der Waals surface area contributed by atoms with Crippen LogP contribution in [-0.4, -0.2) is 10.9 Å². The van der Waals surface area contributed by atoms with Crippen molar-refractivity contribution in [2.45, 2.75) is 33.7 Å². The molecule has 4 N–H and O–H groups in total. The van der Waals surface area contributed by atoms with Gasteiger partial charge in [-0.25, -0.2) is 4.98 Å². The molecule has 6 heteroatoms. The number of thiazole rings is 1. The number of aryl methyl sites for hydroxylation is 3. The second kappa shape index (κ2) is 6.24. The van der Waals surface area contributed by atoms with E-state index in [0.29, 0.717) is 11.3 Å². The Kier molecular flexibility index (Phi) is 4.59. The molecule has 112 valence electrons. The van der Waals surface area contributed by atoms with Crippen LogP contribution in [0.4, 0.5) is 5.69 Å². The predicted molar refractivity (Wildman–Crippen MR) is 86.5 cm³/mol. The Morgan fingerprint density at radius 2 is 2.05 bits per heavy atom. The zero-order valence-electron chi connectivity index (χ0n) is 12.7. The van der Waals surface area contributed by atoms with Crippen LogP contribution >= 0.6 is 11.3 Å². The lowest BCUT2D eigenvalue weighted by Gasteiger charge is -2.15. The Hall–Kier alpha value is -1.92. The van der Waals surface area contributed by atoms with Crippen molar-refractivity contribution in [1.29, 1.82) is 0 Å². The normalized spacial score (nSPS) is 12.0. The van der Waals surface area contributed by atoms with Crippen molar-refractivity contribution in [2.24, 2.45) is 5.84 Å². The van der Waals surface area contributed by atoms with E-state index in [1.54, 1.807) is 17.4 Å². The highest BCUT2D eigenvalue weighted by Gasteiger charge is 2.18. The van der Waals surface area contributed by atoms with Crippen LogP contribution in [0, 0.1) is 20.8 Å². The number of anilines is 1. The summed E-state index contributed by atoms with van der Waals surface area (Å²) in [5.41, 5.74) is 5.70. The lowest BCUT2D eigenvalue weighted by atomic mass is 10.1. The van der Waals surface area contributed by atoms with Gasteiger partial charge in [-0.15, -0.1) is 11.3 Å². The fourth-order valence-electron chi connectivity index (χ4n) is 2.26. The van der Waals surface area contributed by atoms with Gasteiger partial charge in [0.2, 0.25) is 0 Å². The van der Waals surface area contributed by atoms with Gasteiger partial charge in [-0.2, -0.15) is 0 Å². The number of nitrogens with two attached hydrogens (primary N) is 1. The fourth-order valence-corrected chi connectivity index (χ4v) is 3.19. The smallest absolute Gasteiger partial charge is 0.253 e. The third-order valence-electron chi connectivity index (χ3n) is 3.26. The summed E-state index contributed by atoms with van der Waals surface area (Å²) in [7, 11) is 0. The van der Waals surface area contributed by atoms with E-state index < -0.39 is 0 Å². The van der Waals surface area contributed by atoms with Crippen LogP contribution in [-0.2, 0) is 0 Å². The van der Waals surface area contributed by atoms with Crippen molar-refractivity contribution < 1.29 is 4.79 Å². The maximum absolute atomic E-state index is 12.5. The number of hydrogen-bond donors (Lipinski definition) is 3. The molecule has 1 aromatic heterocycles. The number of aromatic nitrogens is 1. The first kappa shape index (κ1) is 15.5. The number of nitrogens with one attached hydrogen (secondary N) is 2. The third-order valence-corrected chi connectivity index (χ3v) is 4.51. The van der Waals surface area contributed by atoms with E-state index in [4.69, 9.17) is 5.84 Å². The van der Waals surface area contributed by atoms with E-state index in [1.807, 2.05) is 39.8 Å². The van der Waals surface area contributed by atoms with Gasteiger partial charge in [0.25, 0.3) is 5.91 Å². The highest BCUT2D eigenvalue weighted by atomic mass is 32.1. The van der Waals surface area contributed by atoms with Crippen LogP contribution in [0.1, 0.15) is 44.5 Å². The molecule has 0 bridgehead atoms. The molecule has 0 fully saturated rings. The second-order valence-electron chi connectivity index (χ2n) is 5.07. The largest absolute Gasteiger partial charge is 0.345 e. The van der Waals surface area contributed by atoms with Crippen molar-refractivity contribution in [2.75, 3.05) is 5.43 Å². The molecule has 0 aliphatic rings. The molecule has 1 atom stereocenters. The lowest BCUT2D eigenvalue weighted by Crippen LogP contribution is -2.28. The summed E-state index contributed by atoms with van der Waals surface area (Å²) in [6, 6.07) is 5.44. The molecule has 21 heavy (non-hydrogen) atoms. The number of rotatable bonds is 4. The number of benzene rings is 1. The summed E-state index contributed by atoms with van der Waals surface area (Å²) >= 11 is 1.61. The average molecular weight is 304 g/mol. The zero-order valence-corrected chi connectivity index (χ0v) is 13.5. The SMILES string of the molecule is Cc1ccc(NN)c(C(=O)NC(C)c2sc(C)nc2C)c1. The molecule has 0 saturated carbocycles. The minimum absolute atomic E-state index is 0.0881. The summed E-state index contributed by atoms with van der Waals surface area (Å²) in [4.78, 5) is 17.9. The van der Waals surface area contributed by atoms with Crippen LogP contribution < -0.4 is 16.6 Å². The van der Waals surface area contributed by atoms with Gasteiger partial charge in [0.05, 0.1) is 28.0 Å². The van der Waals surface area contributed by atoms with Gasteiger partial charge in [0.15, 0.2) is 0 Å². The molecule has 1 amide bonds. The van der Waals surface area contributed by atoms with Crippen LogP contribution in [0.25, 0.3) is 0 Å². The molecule has 0 aliphatic carbocycles. The van der Waals surface area contributed by atoms with Crippen LogP contribution in [0.3, 0.4) is 0 Å². The Labute approximate surface area is 128 Å². The zero-order chi connectivity index (χ0) is 15.6. The van der Waals surface area contributed by atoms with Crippen LogP contribution in [0.5, 0.6) is 0 Å². The molecule has 2 rings (SSSR count). The number of hydrogen-bond acceptors (Lipinski definition) is 5. The van der Waals surface area contributed by atoms with Crippen molar-refractivity contribution in [3.8, 4) is 0 Å². The van der Waals surface area contributed by atoms with Gasteiger partial charge in [-0.3, -0.25) is 10.6 Å². The molecule has 2 aromatic rings. The van der Waals surface area contributed by atoms with Gasteiger partial charge in [-0.1, -0.05) is 11.6 Å². The number of nitrogen functional groups attached to an aromatic ring is 1. The number of hydrazine groups is 1. The molecule has 0 radical (unpaired) electrons. The van der Waals surface area contributed by atoms with Crippen molar-refractivity contribution in [1.82, 2.24) is 10.3 Å². The first-order valence-corrected chi connectivity index (χ1v) is 7.56. The standard InChI is InChI=1S/C15H20N4OS/c1-8-5-6-13(19-16)12(7-8)15(20)18-10(3)14-9(2)17-11(4)21-14/h5-7,10,19H,16H2,1-4H3,(H,18,20). The Balaban J connectivity index is 2.22. The van der Waals surface area contributed by atoms with Gasteiger partial charge in [0.1, 0.15) is 0 Å². The number of carbonyl (C=O) groups is 1. The highest BCUT2D eigenvalue weighted by molar-refractivity contribution is 7.11. The molecular weight excluding hydrogens is 284 g/mol. The van der Waals surface area contributed by atoms with Gasteiger partial charge >= 0.3 is 0 Å². The molecule has 5 nitrogen and oxygen atoms in total. The quantitative estimate of drug-likeness (QED) is 0.599. The maximum atomic E-state index is 12.5. The fraction of sp³-hybridized carbons (Fsp3) is 0.333. The summed E-state index contributed by atoms with van der Waals surface area (Å²) in [6.45, 7) is 7.83. The first-order valence-electron chi connectivity index (χ1n) is 6.74. The van der Waals surface area contributed by atoms with Crippen LogP contribution in [0.2, 0.25) is 0 Å². The highest BCUT2D eigenvalue weighted by Crippen LogP contribution is 2.25. The molecule has 0 spiro atoms. The monoisotopic (exact) mass is 304 g/mol. The van der Waals surface area contributed by atoms with E-state index in [9.17, 15) is 4.79 Å². The minimum atomic E-state index is -0.149. The number of nitrogens with zero attached hydrogens (tertiary/aromatic N) is 1. The molecule has 1 heterocycles. The van der Waals surface area contributed by atoms with Crippen molar-refractivity contribution in [3.05, 3.63) is 44.9 Å². The van der Waals surface area contributed by atoms with Crippen molar-refractivity contribution in [3.63, 3.8) is 0 Å². The molecular formula is C15H20N4OS. The first-order chi connectivity index (χ1) is 9.92. The maximum Gasteiger partial charge on any atom is 0.253 e. The molecule has 0 aliphatic heterocycles. The van der Waals surface area contributed by atoms with E-state index in [-0.39, 0.29) is 11.9 Å². The lowest BCUT2D eigenvalue weighted by molar-refractivity contribution is 0.0941. The summed E-state index contributed by atoms with van der Waals surface area (Å²) in [5, 5.41) is 4.01. The van der Waals surface area contributed by atoms with Gasteiger partial charge < -0.3 is 10.7 Å². The summed E-state index contributed by atoms with van der Waals surface area (Å²) < 4.78 is 0. The van der Waals surface area contributed by atoms with E-state index in [0.717, 1.165) is 21.1 Å². The second-order valence-corrected chi connectivity index (χ2v) is 6.31. The summed E-state index contributed by atoms with van der Waals surface area (Å²) in [5.74, 6) is 5.32. The van der Waals surface area contributed by atoms with Gasteiger partial charge in [-0.05, 0) is 39.8 Å². The van der Waals surface area contributed by atoms with E-state index >= 15 is 0 Å². The Morgan fingerprint density at radius 1 is 1.33 bits per heavy atom. The van der Waals surface area contributed by atoms with E-state index in [1.165, 1.54) is 0 Å². The van der Waals surface area contributed by atoms with Crippen molar-refractivity contribution >= 4 is 22.9 Å². The molecule has 1 unspecified atom stereocenters. The topological polar surface area (TPSA) is 80.0 Å². The minimum Gasteiger partial charge on any atom is -0.345 e. The molecule has 1 aromatic carbocycles. The number of carbonyl (C=O) groups excluding carboxylic acids is 1. The van der Waals surface area contributed by atoms with E-state index in [2.05, 4.69) is 15.7 Å². The Morgan fingerprint density at radius 3 is 2.62 bits per heavy atom. The predicted octanol–water partition coefficient (Wildman–Crippen LogP) is 2.84. The summed E-state index contributed by atoms with van der Waals surface area (Å²) in [6.07, 6.45) is 0.